The molecule has 0 bridgehead atoms. The molecular formula is C13H14O5. The quantitative estimate of drug-likeness (QED) is 0.781. The standard InChI is InChI=1S/C13H14O5/c1-7-10(15-2)8-5-6-9(14)18-12(8)13(17-4)11(7)16-3/h5-6H,1-4H3. The van der Waals surface area contributed by atoms with Crippen LogP contribution in [0.5, 0.6) is 17.2 Å². The SMILES string of the molecule is COc1c(C)c(OC)c2ccc(=O)oc2c1OC. The zero-order valence-electron chi connectivity index (χ0n) is 10.7. The molecule has 0 saturated heterocycles. The molecule has 18 heavy (non-hydrogen) atoms. The third-order valence-electron chi connectivity index (χ3n) is 2.78. The summed E-state index contributed by atoms with van der Waals surface area (Å²) in [5, 5.41) is 0.673. The van der Waals surface area contributed by atoms with Crippen molar-refractivity contribution in [2.75, 3.05) is 21.3 Å². The molecule has 0 aliphatic heterocycles. The molecule has 5 heteroatoms. The summed E-state index contributed by atoms with van der Waals surface area (Å²) < 4.78 is 21.1. The summed E-state index contributed by atoms with van der Waals surface area (Å²) >= 11 is 0. The van der Waals surface area contributed by atoms with Crippen molar-refractivity contribution in [2.45, 2.75) is 6.92 Å². The first-order chi connectivity index (χ1) is 8.63. The highest BCUT2D eigenvalue weighted by molar-refractivity contribution is 5.92. The molecule has 0 atom stereocenters. The average molecular weight is 250 g/mol. The minimum Gasteiger partial charge on any atom is -0.496 e. The van der Waals surface area contributed by atoms with Crippen LogP contribution in [0.15, 0.2) is 21.3 Å². The first-order valence-corrected chi connectivity index (χ1v) is 5.36. The highest BCUT2D eigenvalue weighted by atomic mass is 16.5. The molecule has 2 aromatic rings. The van der Waals surface area contributed by atoms with E-state index in [2.05, 4.69) is 0 Å². The minimum absolute atomic E-state index is 0.323. The van der Waals surface area contributed by atoms with Gasteiger partial charge in [0.05, 0.1) is 26.7 Å². The summed E-state index contributed by atoms with van der Waals surface area (Å²) in [7, 11) is 4.58. The van der Waals surface area contributed by atoms with E-state index in [1.807, 2.05) is 6.92 Å². The predicted molar refractivity (Wildman–Crippen MR) is 66.9 cm³/mol. The average Bonchev–Trinajstić information content (AvgIpc) is 2.37. The Morgan fingerprint density at radius 3 is 2.11 bits per heavy atom. The molecule has 1 aromatic heterocycles. The molecule has 0 unspecified atom stereocenters. The van der Waals surface area contributed by atoms with Crippen molar-refractivity contribution in [1.82, 2.24) is 0 Å². The Hall–Kier alpha value is -2.17. The number of methoxy groups -OCH3 is 3. The summed E-state index contributed by atoms with van der Waals surface area (Å²) in [5.74, 6) is 1.49. The van der Waals surface area contributed by atoms with Crippen LogP contribution in [0.1, 0.15) is 5.56 Å². The van der Waals surface area contributed by atoms with Crippen molar-refractivity contribution in [3.63, 3.8) is 0 Å². The highest BCUT2D eigenvalue weighted by Crippen LogP contribution is 2.44. The van der Waals surface area contributed by atoms with Crippen LogP contribution in [0, 0.1) is 6.92 Å². The van der Waals surface area contributed by atoms with Gasteiger partial charge in [0, 0.05) is 11.6 Å². The molecule has 0 aliphatic carbocycles. The zero-order chi connectivity index (χ0) is 13.3. The Morgan fingerprint density at radius 1 is 0.944 bits per heavy atom. The molecule has 1 aromatic carbocycles. The van der Waals surface area contributed by atoms with E-state index < -0.39 is 5.63 Å². The molecule has 0 spiro atoms. The normalized spacial score (nSPS) is 10.4. The van der Waals surface area contributed by atoms with Crippen LogP contribution >= 0.6 is 0 Å². The van der Waals surface area contributed by atoms with E-state index in [0.29, 0.717) is 28.2 Å². The molecule has 0 N–H and O–H groups in total. The van der Waals surface area contributed by atoms with E-state index in [4.69, 9.17) is 18.6 Å². The van der Waals surface area contributed by atoms with E-state index in [1.54, 1.807) is 13.2 Å². The van der Waals surface area contributed by atoms with Gasteiger partial charge in [-0.1, -0.05) is 0 Å². The fraction of sp³-hybridized carbons (Fsp3) is 0.308. The lowest BCUT2D eigenvalue weighted by molar-refractivity contribution is 0.344. The summed E-state index contributed by atoms with van der Waals surface area (Å²) in [6.07, 6.45) is 0. The van der Waals surface area contributed by atoms with Crippen molar-refractivity contribution < 1.29 is 18.6 Å². The first-order valence-electron chi connectivity index (χ1n) is 5.36. The van der Waals surface area contributed by atoms with Crippen LogP contribution in [0.4, 0.5) is 0 Å². The van der Waals surface area contributed by atoms with Gasteiger partial charge < -0.3 is 18.6 Å². The Balaban J connectivity index is 3.01. The molecule has 5 nitrogen and oxygen atoms in total. The number of rotatable bonds is 3. The maximum absolute atomic E-state index is 11.3. The molecule has 0 amide bonds. The van der Waals surface area contributed by atoms with Crippen LogP contribution in [-0.2, 0) is 0 Å². The Bertz CT molecular complexity index is 642. The molecule has 1 heterocycles. The molecule has 0 fully saturated rings. The van der Waals surface area contributed by atoms with Gasteiger partial charge in [0.15, 0.2) is 11.3 Å². The summed E-state index contributed by atoms with van der Waals surface area (Å²) in [5.41, 5.74) is 0.663. The van der Waals surface area contributed by atoms with Gasteiger partial charge in [0.1, 0.15) is 5.75 Å². The second-order valence-electron chi connectivity index (χ2n) is 3.72. The number of hydrogen-bond donors (Lipinski definition) is 0. The zero-order valence-corrected chi connectivity index (χ0v) is 10.7. The molecule has 96 valence electrons. The number of fused-ring (bicyclic) bond motifs is 1. The summed E-state index contributed by atoms with van der Waals surface area (Å²) in [6, 6.07) is 2.99. The summed E-state index contributed by atoms with van der Waals surface area (Å²) in [6.45, 7) is 1.85. The summed E-state index contributed by atoms with van der Waals surface area (Å²) in [4.78, 5) is 11.3. The number of hydrogen-bond acceptors (Lipinski definition) is 5. The first kappa shape index (κ1) is 12.3. The molecule has 0 saturated carbocycles. The van der Waals surface area contributed by atoms with Crippen molar-refractivity contribution in [1.29, 1.82) is 0 Å². The molecule has 0 aliphatic rings. The van der Waals surface area contributed by atoms with Crippen molar-refractivity contribution in [2.24, 2.45) is 0 Å². The van der Waals surface area contributed by atoms with Crippen molar-refractivity contribution in [3.05, 3.63) is 28.1 Å². The predicted octanol–water partition coefficient (Wildman–Crippen LogP) is 2.13. The van der Waals surface area contributed by atoms with E-state index in [0.717, 1.165) is 5.56 Å². The maximum Gasteiger partial charge on any atom is 0.336 e. The van der Waals surface area contributed by atoms with Crippen LogP contribution in [0.25, 0.3) is 11.0 Å². The molecule has 0 radical (unpaired) electrons. The lowest BCUT2D eigenvalue weighted by Gasteiger charge is -2.16. The maximum atomic E-state index is 11.3. The lowest BCUT2D eigenvalue weighted by Crippen LogP contribution is -2.02. The monoisotopic (exact) mass is 250 g/mol. The largest absolute Gasteiger partial charge is 0.496 e. The van der Waals surface area contributed by atoms with Gasteiger partial charge in [-0.3, -0.25) is 0 Å². The third-order valence-corrected chi connectivity index (χ3v) is 2.78. The third kappa shape index (κ3) is 1.68. The Labute approximate surface area is 104 Å². The van der Waals surface area contributed by atoms with E-state index in [-0.39, 0.29) is 0 Å². The second-order valence-corrected chi connectivity index (χ2v) is 3.72. The van der Waals surface area contributed by atoms with E-state index in [1.165, 1.54) is 20.3 Å². The van der Waals surface area contributed by atoms with Crippen molar-refractivity contribution in [3.8, 4) is 17.2 Å². The second kappa shape index (κ2) is 4.60. The van der Waals surface area contributed by atoms with Crippen molar-refractivity contribution >= 4 is 11.0 Å². The Kier molecular flexibility index (Phi) is 3.14. The smallest absolute Gasteiger partial charge is 0.336 e. The number of ether oxygens (including phenoxy) is 3. The van der Waals surface area contributed by atoms with Crippen LogP contribution in [-0.4, -0.2) is 21.3 Å². The van der Waals surface area contributed by atoms with Gasteiger partial charge in [-0.2, -0.15) is 0 Å². The lowest BCUT2D eigenvalue weighted by atomic mass is 10.1. The van der Waals surface area contributed by atoms with Crippen LogP contribution in [0.3, 0.4) is 0 Å². The van der Waals surface area contributed by atoms with Gasteiger partial charge in [-0.25, -0.2) is 4.79 Å². The van der Waals surface area contributed by atoms with E-state index >= 15 is 0 Å². The highest BCUT2D eigenvalue weighted by Gasteiger charge is 2.20. The minimum atomic E-state index is -0.450. The fourth-order valence-corrected chi connectivity index (χ4v) is 2.04. The van der Waals surface area contributed by atoms with Crippen LogP contribution < -0.4 is 19.8 Å². The van der Waals surface area contributed by atoms with Crippen LogP contribution in [0.2, 0.25) is 0 Å². The van der Waals surface area contributed by atoms with Gasteiger partial charge >= 0.3 is 5.63 Å². The Morgan fingerprint density at radius 2 is 1.56 bits per heavy atom. The van der Waals surface area contributed by atoms with Gasteiger partial charge in [0.25, 0.3) is 0 Å². The topological polar surface area (TPSA) is 57.9 Å². The fourth-order valence-electron chi connectivity index (χ4n) is 2.04. The molecule has 2 rings (SSSR count). The van der Waals surface area contributed by atoms with Gasteiger partial charge in [0.2, 0.25) is 5.75 Å². The van der Waals surface area contributed by atoms with Gasteiger partial charge in [-0.05, 0) is 13.0 Å². The number of benzene rings is 1. The van der Waals surface area contributed by atoms with E-state index in [9.17, 15) is 4.79 Å². The van der Waals surface area contributed by atoms with Gasteiger partial charge in [-0.15, -0.1) is 0 Å². The molecular weight excluding hydrogens is 236 g/mol.